The zero-order valence-corrected chi connectivity index (χ0v) is 92.2. The average molecular weight is 1910 g/mol. The maximum Gasteiger partial charge on any atom is 0.232 e. The third-order valence-electron chi connectivity index (χ3n) is 27.3. The van der Waals surface area contributed by atoms with Gasteiger partial charge in [-0.1, -0.05) is 574 Å². The standard InChI is InChI=1S/C119H213N5S6/c1-8-15-21-27-33-39-45-51-57-63-69-75-81-87-97-125-111-103-109(104-112(126-98-88-82-76-70-64-58-52-46-40-34-28-22-16-9-2)115(111)129-101-91-85-79-73-67-61-55-49-43-37-31-25-19-12-5)120-118-122-117(108-95-93-107(14-7)94-96-108)123-119(124-118)121-110-105-113(127-99-89-83-77-71-65-59-53-47-41-35-29-23-17-10-3)116(130-102-92-86-80-74-68-62-56-50-44-38-32-26-20-13-6)114(106-110)128-100-90-84-78-72-66-60-54-48-42-36-30-24-18-11-4/h93-96,103-106H,8-92,97-102H2,1-7H3,(H2,120,121,122,123,124). The van der Waals surface area contributed by atoms with E-state index in [1.54, 1.807) is 0 Å². The highest BCUT2D eigenvalue weighted by molar-refractivity contribution is 8.04. The van der Waals surface area contributed by atoms with Crippen molar-refractivity contribution in [3.8, 4) is 11.4 Å². The predicted molar refractivity (Wildman–Crippen MR) is 600 cm³/mol. The predicted octanol–water partition coefficient (Wildman–Crippen LogP) is 45.0. The first-order chi connectivity index (χ1) is 64.5. The number of nitrogens with one attached hydrogen (secondary N) is 2. The molecule has 0 unspecified atom stereocenters. The first kappa shape index (κ1) is 121. The summed E-state index contributed by atoms with van der Waals surface area (Å²) in [7, 11) is 0. The molecule has 2 N–H and O–H groups in total. The van der Waals surface area contributed by atoms with Crippen molar-refractivity contribution in [2.75, 3.05) is 45.2 Å². The Labute approximate surface area is 836 Å². The van der Waals surface area contributed by atoms with Gasteiger partial charge in [-0.25, -0.2) is 0 Å². The van der Waals surface area contributed by atoms with Crippen LogP contribution in [0.4, 0.5) is 23.3 Å². The van der Waals surface area contributed by atoms with E-state index in [4.69, 9.17) is 15.0 Å². The quantitative estimate of drug-likeness (QED) is 0.0328. The van der Waals surface area contributed by atoms with Gasteiger partial charge in [-0.3, -0.25) is 0 Å². The van der Waals surface area contributed by atoms with E-state index in [0.717, 1.165) is 46.4 Å². The lowest BCUT2D eigenvalue weighted by atomic mass is 10.0. The molecule has 130 heavy (non-hydrogen) atoms. The van der Waals surface area contributed by atoms with Crippen LogP contribution in [0.15, 0.2) is 77.9 Å². The van der Waals surface area contributed by atoms with Crippen molar-refractivity contribution >= 4 is 93.8 Å². The van der Waals surface area contributed by atoms with Crippen molar-refractivity contribution in [1.29, 1.82) is 0 Å². The summed E-state index contributed by atoms with van der Waals surface area (Å²) in [5, 5.41) is 7.98. The second-order valence-electron chi connectivity index (χ2n) is 39.9. The molecular weight excluding hydrogens is 1690 g/mol. The van der Waals surface area contributed by atoms with E-state index in [-0.39, 0.29) is 0 Å². The minimum atomic E-state index is 0.612. The number of benzene rings is 3. The summed E-state index contributed by atoms with van der Waals surface area (Å²) in [6.07, 6.45) is 118. The van der Waals surface area contributed by atoms with Crippen molar-refractivity contribution < 1.29 is 0 Å². The van der Waals surface area contributed by atoms with Crippen molar-refractivity contribution in [3.63, 3.8) is 0 Å². The zero-order chi connectivity index (χ0) is 92.3. The molecule has 750 valence electrons. The Bertz CT molecular complexity index is 2770. The van der Waals surface area contributed by atoms with Crippen LogP contribution in [0.25, 0.3) is 11.4 Å². The average Bonchev–Trinajstić information content (AvgIpc) is 0.800. The number of nitrogens with zero attached hydrogens (tertiary/aromatic N) is 3. The van der Waals surface area contributed by atoms with Crippen molar-refractivity contribution in [1.82, 2.24) is 15.0 Å². The molecule has 1 heterocycles. The minimum absolute atomic E-state index is 0.612. The lowest BCUT2D eigenvalue weighted by Gasteiger charge is -2.19. The molecule has 0 amide bonds. The van der Waals surface area contributed by atoms with E-state index in [2.05, 4.69) is 178 Å². The molecule has 0 aliphatic carbocycles. The fourth-order valence-electron chi connectivity index (χ4n) is 18.6. The molecule has 0 atom stereocenters. The molecule has 4 aromatic rings. The number of anilines is 4. The monoisotopic (exact) mass is 1900 g/mol. The Kier molecular flexibility index (Phi) is 86.9. The second-order valence-corrected chi connectivity index (χ2v) is 46.6. The SMILES string of the molecule is CCCCCCCCCCCCCCCCSc1cc(Nc2nc(Nc3cc(SCCCCCCCCCCCCCCCC)c(SCCCCCCCCCCCCCCCC)c(SCCCCCCCCCCCCCCCC)c3)nc(-c3ccc(CC)cc3)n2)cc(SCCCCCCCCCCCCCCCC)c1SCCCCCCCCCCCCCCCC. The third-order valence-corrected chi connectivity index (χ3v) is 34.8. The van der Waals surface area contributed by atoms with E-state index in [1.807, 2.05) is 0 Å². The normalized spacial score (nSPS) is 11.7. The Morgan fingerprint density at radius 2 is 0.346 bits per heavy atom. The molecule has 4 rings (SSSR count). The van der Waals surface area contributed by atoms with Gasteiger partial charge < -0.3 is 10.6 Å². The summed E-state index contributed by atoms with van der Waals surface area (Å²) in [6, 6.07) is 19.0. The Morgan fingerprint density at radius 1 is 0.185 bits per heavy atom. The summed E-state index contributed by atoms with van der Waals surface area (Å²) in [6.45, 7) is 16.3. The van der Waals surface area contributed by atoms with Gasteiger partial charge >= 0.3 is 0 Å². The lowest BCUT2D eigenvalue weighted by molar-refractivity contribution is 0.538. The summed E-state index contributed by atoms with van der Waals surface area (Å²) in [5.74, 6) is 8.94. The summed E-state index contributed by atoms with van der Waals surface area (Å²) >= 11 is 12.9. The number of hydrogen-bond donors (Lipinski definition) is 2. The van der Waals surface area contributed by atoms with Gasteiger partial charge in [0.05, 0.1) is 0 Å². The maximum absolute atomic E-state index is 5.49. The topological polar surface area (TPSA) is 62.7 Å². The van der Waals surface area contributed by atoms with Gasteiger partial charge in [-0.05, 0) is 109 Å². The van der Waals surface area contributed by atoms with Crippen molar-refractivity contribution in [2.45, 2.75) is 624 Å². The molecule has 11 heteroatoms. The molecule has 0 saturated heterocycles. The molecule has 0 fully saturated rings. The van der Waals surface area contributed by atoms with E-state index in [1.165, 1.54) is 586 Å². The molecule has 0 aliphatic heterocycles. The number of rotatable bonds is 102. The van der Waals surface area contributed by atoms with Crippen LogP contribution < -0.4 is 10.6 Å². The van der Waals surface area contributed by atoms with Gasteiger partial charge in [0.25, 0.3) is 0 Å². The van der Waals surface area contributed by atoms with Crippen LogP contribution in [-0.2, 0) is 6.42 Å². The molecule has 1 aromatic heterocycles. The van der Waals surface area contributed by atoms with Crippen LogP contribution in [0.2, 0.25) is 0 Å². The maximum atomic E-state index is 5.49. The van der Waals surface area contributed by atoms with Crippen LogP contribution in [0.3, 0.4) is 0 Å². The Morgan fingerprint density at radius 3 is 0.515 bits per heavy atom. The largest absolute Gasteiger partial charge is 0.324 e. The highest BCUT2D eigenvalue weighted by Crippen LogP contribution is 2.46. The van der Waals surface area contributed by atoms with Crippen molar-refractivity contribution in [3.05, 3.63) is 54.1 Å². The van der Waals surface area contributed by atoms with Crippen LogP contribution >= 0.6 is 70.6 Å². The van der Waals surface area contributed by atoms with Gasteiger partial charge in [-0.15, -0.1) is 70.6 Å². The number of aryl methyl sites for hydroxylation is 1. The zero-order valence-electron chi connectivity index (χ0n) is 87.3. The molecule has 0 aliphatic rings. The molecule has 5 nitrogen and oxygen atoms in total. The Hall–Kier alpha value is -1.63. The second kappa shape index (κ2) is 93.7. The summed E-state index contributed by atoms with van der Waals surface area (Å²) in [5.41, 5.74) is 4.55. The van der Waals surface area contributed by atoms with E-state index in [9.17, 15) is 0 Å². The number of hydrogen-bond acceptors (Lipinski definition) is 11. The van der Waals surface area contributed by atoms with Crippen LogP contribution in [0, 0.1) is 0 Å². The molecule has 0 bridgehead atoms. The summed E-state index contributed by atoms with van der Waals surface area (Å²) < 4.78 is 0. The van der Waals surface area contributed by atoms with E-state index < -0.39 is 0 Å². The number of unbranched alkanes of at least 4 members (excludes halogenated alkanes) is 78. The number of aromatic nitrogens is 3. The Balaban J connectivity index is 1.71. The van der Waals surface area contributed by atoms with Crippen LogP contribution in [0.1, 0.15) is 593 Å². The molecule has 0 spiro atoms. The van der Waals surface area contributed by atoms with Gasteiger partial charge in [0, 0.05) is 46.3 Å². The van der Waals surface area contributed by atoms with Gasteiger partial charge in [0.2, 0.25) is 11.9 Å². The first-order valence-corrected chi connectivity index (χ1v) is 63.9. The fraction of sp³-hybridized carbons (Fsp3) is 0.824. The molecule has 0 saturated carbocycles. The fourth-order valence-corrected chi connectivity index (χ4v) is 26.2. The first-order valence-electron chi connectivity index (χ1n) is 58.0. The van der Waals surface area contributed by atoms with Gasteiger partial charge in [-0.2, -0.15) is 15.0 Å². The lowest BCUT2D eigenvalue weighted by Crippen LogP contribution is -2.06. The molecule has 0 radical (unpaired) electrons. The van der Waals surface area contributed by atoms with Gasteiger partial charge in [0.1, 0.15) is 0 Å². The number of thioether (sulfide) groups is 6. The van der Waals surface area contributed by atoms with E-state index in [0.29, 0.717) is 17.7 Å². The third kappa shape index (κ3) is 70.1. The van der Waals surface area contributed by atoms with Gasteiger partial charge in [0.15, 0.2) is 5.82 Å². The smallest absolute Gasteiger partial charge is 0.232 e. The van der Waals surface area contributed by atoms with Crippen LogP contribution in [-0.4, -0.2) is 49.5 Å². The van der Waals surface area contributed by atoms with Crippen molar-refractivity contribution in [2.24, 2.45) is 0 Å². The minimum Gasteiger partial charge on any atom is -0.324 e. The molecular formula is C119H213N5S6. The highest BCUT2D eigenvalue weighted by atomic mass is 32.2. The van der Waals surface area contributed by atoms with Crippen LogP contribution in [0.5, 0.6) is 0 Å². The molecule has 3 aromatic carbocycles. The summed E-state index contributed by atoms with van der Waals surface area (Å²) in [4.78, 5) is 25.2. The van der Waals surface area contributed by atoms with E-state index >= 15 is 0 Å². The highest BCUT2D eigenvalue weighted by Gasteiger charge is 2.20.